The molecule has 0 saturated heterocycles. The summed E-state index contributed by atoms with van der Waals surface area (Å²) < 4.78 is 0. The maximum absolute atomic E-state index is 2.48. The van der Waals surface area contributed by atoms with Gasteiger partial charge in [-0.1, -0.05) is 122 Å². The van der Waals surface area contributed by atoms with Gasteiger partial charge in [0.1, 0.15) is 0 Å². The van der Waals surface area contributed by atoms with Crippen molar-refractivity contribution in [3.05, 3.63) is 137 Å². The molecule has 2 aliphatic rings. The van der Waals surface area contributed by atoms with Gasteiger partial charge in [0.2, 0.25) is 0 Å². The fourth-order valence-electron chi connectivity index (χ4n) is 5.90. The Morgan fingerprint density at radius 3 is 1.77 bits per heavy atom. The van der Waals surface area contributed by atoms with Crippen LogP contribution in [0.5, 0.6) is 0 Å². The summed E-state index contributed by atoms with van der Waals surface area (Å²) in [7, 11) is 0. The molecule has 0 fully saturated rings. The summed E-state index contributed by atoms with van der Waals surface area (Å²) in [6.07, 6.45) is 4.75. The van der Waals surface area contributed by atoms with E-state index >= 15 is 0 Å². The van der Waals surface area contributed by atoms with Crippen molar-refractivity contribution in [2.24, 2.45) is 0 Å². The summed E-state index contributed by atoms with van der Waals surface area (Å²) in [5.74, 6) is 0.619. The minimum atomic E-state index is -0.104. The lowest BCUT2D eigenvalue weighted by atomic mass is 9.60. The SMILES string of the molecule is CC(c1ccccc1)(C1C=Cc2ccccc21)C1c2ccccc2-c2ccccc21. The largest absolute Gasteiger partial charge is 0.0755 e. The first kappa shape index (κ1) is 17.5. The van der Waals surface area contributed by atoms with Gasteiger partial charge in [0.15, 0.2) is 0 Å². The van der Waals surface area contributed by atoms with Crippen molar-refractivity contribution < 1.29 is 0 Å². The van der Waals surface area contributed by atoms with Crippen LogP contribution in [0, 0.1) is 0 Å². The fourth-order valence-corrected chi connectivity index (χ4v) is 5.90. The number of benzene rings is 4. The minimum absolute atomic E-state index is 0.104. The third kappa shape index (κ3) is 2.34. The van der Waals surface area contributed by atoms with Gasteiger partial charge >= 0.3 is 0 Å². The minimum Gasteiger partial charge on any atom is -0.0755 e. The summed E-state index contributed by atoms with van der Waals surface area (Å²) in [5, 5.41) is 0. The molecular weight excluding hydrogens is 360 g/mol. The van der Waals surface area contributed by atoms with Crippen LogP contribution < -0.4 is 0 Å². The molecule has 4 aromatic rings. The van der Waals surface area contributed by atoms with Crippen LogP contribution in [0.15, 0.2) is 109 Å². The molecule has 0 aliphatic heterocycles. The van der Waals surface area contributed by atoms with Crippen LogP contribution in [0.2, 0.25) is 0 Å². The maximum atomic E-state index is 2.48. The van der Waals surface area contributed by atoms with E-state index in [0.29, 0.717) is 11.8 Å². The van der Waals surface area contributed by atoms with Gasteiger partial charge in [-0.25, -0.2) is 0 Å². The Morgan fingerprint density at radius 1 is 0.567 bits per heavy atom. The molecule has 0 radical (unpaired) electrons. The number of rotatable bonds is 3. The van der Waals surface area contributed by atoms with E-state index in [-0.39, 0.29) is 5.41 Å². The zero-order valence-corrected chi connectivity index (χ0v) is 17.1. The van der Waals surface area contributed by atoms with Crippen molar-refractivity contribution in [2.45, 2.75) is 24.2 Å². The first-order chi connectivity index (χ1) is 14.8. The Bertz CT molecular complexity index is 1220. The third-order valence-electron chi connectivity index (χ3n) is 7.27. The molecule has 30 heavy (non-hydrogen) atoms. The van der Waals surface area contributed by atoms with Gasteiger partial charge in [0.05, 0.1) is 0 Å². The normalized spacial score (nSPS) is 18.5. The molecule has 0 aromatic heterocycles. The summed E-state index contributed by atoms with van der Waals surface area (Å²) in [4.78, 5) is 0. The van der Waals surface area contributed by atoms with Gasteiger partial charge in [0.25, 0.3) is 0 Å². The lowest BCUT2D eigenvalue weighted by Crippen LogP contribution is -2.36. The molecule has 4 aromatic carbocycles. The first-order valence-corrected chi connectivity index (χ1v) is 10.8. The van der Waals surface area contributed by atoms with E-state index in [4.69, 9.17) is 0 Å². The van der Waals surface area contributed by atoms with E-state index < -0.39 is 0 Å². The van der Waals surface area contributed by atoms with Crippen LogP contribution in [0.3, 0.4) is 0 Å². The second-order valence-electron chi connectivity index (χ2n) is 8.72. The second-order valence-corrected chi connectivity index (χ2v) is 8.72. The molecule has 0 bridgehead atoms. The third-order valence-corrected chi connectivity index (χ3v) is 7.27. The number of hydrogen-bond acceptors (Lipinski definition) is 0. The number of hydrogen-bond donors (Lipinski definition) is 0. The fraction of sp³-hybridized carbons (Fsp3) is 0.133. The zero-order chi connectivity index (χ0) is 20.1. The molecule has 2 aliphatic carbocycles. The molecule has 0 spiro atoms. The molecular formula is C30H24. The molecule has 0 heteroatoms. The lowest BCUT2D eigenvalue weighted by Gasteiger charge is -2.42. The number of allylic oxidation sites excluding steroid dienone is 1. The van der Waals surface area contributed by atoms with E-state index in [0.717, 1.165) is 0 Å². The first-order valence-electron chi connectivity index (χ1n) is 10.8. The molecule has 0 N–H and O–H groups in total. The van der Waals surface area contributed by atoms with Gasteiger partial charge in [-0.05, 0) is 38.9 Å². The Hall–Kier alpha value is -3.38. The van der Waals surface area contributed by atoms with Crippen molar-refractivity contribution in [1.82, 2.24) is 0 Å². The van der Waals surface area contributed by atoms with Gasteiger partial charge in [-0.2, -0.15) is 0 Å². The lowest BCUT2D eigenvalue weighted by molar-refractivity contribution is 0.381. The number of fused-ring (bicyclic) bond motifs is 4. The topological polar surface area (TPSA) is 0 Å². The Morgan fingerprint density at radius 2 is 1.10 bits per heavy atom. The quantitative estimate of drug-likeness (QED) is 0.342. The van der Waals surface area contributed by atoms with Crippen molar-refractivity contribution in [1.29, 1.82) is 0 Å². The Labute approximate surface area is 178 Å². The summed E-state index contributed by atoms with van der Waals surface area (Å²) in [6.45, 7) is 2.48. The molecule has 0 amide bonds. The van der Waals surface area contributed by atoms with Crippen LogP contribution >= 0.6 is 0 Å². The van der Waals surface area contributed by atoms with E-state index in [9.17, 15) is 0 Å². The average Bonchev–Trinajstić information content (AvgIpc) is 3.39. The Kier molecular flexibility index (Phi) is 3.83. The standard InChI is InChI=1S/C30H24/c1-30(22-12-3-2-4-13-22,28-20-19-21-11-5-6-14-23(21)28)29-26-17-9-7-15-24(26)25-16-8-10-18-27(25)29/h2-20,28-29H,1H3. The highest BCUT2D eigenvalue weighted by Gasteiger charge is 2.48. The highest BCUT2D eigenvalue weighted by Crippen LogP contribution is 2.59. The van der Waals surface area contributed by atoms with E-state index in [1.165, 1.54) is 38.9 Å². The van der Waals surface area contributed by atoms with Gasteiger partial charge in [0, 0.05) is 17.3 Å². The van der Waals surface area contributed by atoms with E-state index in [1.54, 1.807) is 0 Å². The maximum Gasteiger partial charge on any atom is 0.0205 e. The predicted octanol–water partition coefficient (Wildman–Crippen LogP) is 7.57. The average molecular weight is 385 g/mol. The second kappa shape index (κ2) is 6.57. The summed E-state index contributed by atoms with van der Waals surface area (Å²) >= 11 is 0. The molecule has 2 atom stereocenters. The predicted molar refractivity (Wildman–Crippen MR) is 126 cm³/mol. The molecule has 144 valence electrons. The van der Waals surface area contributed by atoms with Crippen molar-refractivity contribution in [3.63, 3.8) is 0 Å². The van der Waals surface area contributed by atoms with Gasteiger partial charge in [-0.3, -0.25) is 0 Å². The molecule has 0 heterocycles. The van der Waals surface area contributed by atoms with Gasteiger partial charge < -0.3 is 0 Å². The van der Waals surface area contributed by atoms with Gasteiger partial charge in [-0.15, -0.1) is 0 Å². The summed E-state index contributed by atoms with van der Waals surface area (Å²) in [5.41, 5.74) is 9.74. The van der Waals surface area contributed by atoms with E-state index in [1.807, 2.05) is 0 Å². The van der Waals surface area contributed by atoms with Crippen molar-refractivity contribution in [2.75, 3.05) is 0 Å². The van der Waals surface area contributed by atoms with Crippen molar-refractivity contribution in [3.8, 4) is 11.1 Å². The molecule has 0 saturated carbocycles. The highest BCUT2D eigenvalue weighted by atomic mass is 14.5. The van der Waals surface area contributed by atoms with Crippen LogP contribution in [-0.4, -0.2) is 0 Å². The molecule has 6 rings (SSSR count). The Balaban J connectivity index is 1.65. The zero-order valence-electron chi connectivity index (χ0n) is 17.1. The monoisotopic (exact) mass is 384 g/mol. The van der Waals surface area contributed by atoms with Crippen LogP contribution in [0.25, 0.3) is 17.2 Å². The van der Waals surface area contributed by atoms with E-state index in [2.05, 4.69) is 122 Å². The van der Waals surface area contributed by atoms with Crippen LogP contribution in [0.1, 0.15) is 46.6 Å². The van der Waals surface area contributed by atoms with Crippen molar-refractivity contribution >= 4 is 6.08 Å². The van der Waals surface area contributed by atoms with Crippen LogP contribution in [0.4, 0.5) is 0 Å². The molecule has 0 nitrogen and oxygen atoms in total. The highest BCUT2D eigenvalue weighted by molar-refractivity contribution is 5.80. The smallest absolute Gasteiger partial charge is 0.0205 e. The summed E-state index contributed by atoms with van der Waals surface area (Å²) in [6, 6.07) is 38.0. The van der Waals surface area contributed by atoms with Crippen LogP contribution in [-0.2, 0) is 5.41 Å². The molecule has 2 unspecified atom stereocenters.